The highest BCUT2D eigenvalue weighted by Gasteiger charge is 2.54. The molecule has 184 valence electrons. The summed E-state index contributed by atoms with van der Waals surface area (Å²) >= 11 is 2.04. The van der Waals surface area contributed by atoms with Crippen LogP contribution in [0, 0.1) is 0 Å². The number of aromatic nitrogens is 1. The van der Waals surface area contributed by atoms with Gasteiger partial charge < -0.3 is 31.4 Å². The Morgan fingerprint density at radius 3 is 2.68 bits per heavy atom. The Balaban J connectivity index is 1.76. The number of fused-ring (bicyclic) bond motifs is 1. The van der Waals surface area contributed by atoms with Crippen molar-refractivity contribution in [3.63, 3.8) is 0 Å². The van der Waals surface area contributed by atoms with Gasteiger partial charge in [-0.05, 0) is 5.57 Å². The Labute approximate surface area is 199 Å². The molecule has 2 aliphatic heterocycles. The van der Waals surface area contributed by atoms with Crippen LogP contribution in [0.5, 0.6) is 0 Å². The number of ether oxygens (including phenoxy) is 1. The first-order valence-corrected chi connectivity index (χ1v) is 12.9. The third kappa shape index (κ3) is 5.07. The van der Waals surface area contributed by atoms with E-state index in [-0.39, 0.29) is 22.2 Å². The Bertz CT molecular complexity index is 1210. The van der Waals surface area contributed by atoms with Crippen molar-refractivity contribution < 1.29 is 42.6 Å². The van der Waals surface area contributed by atoms with Crippen LogP contribution in [0.15, 0.2) is 21.8 Å². The molecule has 0 aliphatic carbocycles. The molecule has 1 aromatic rings. The number of β-lactam (4-membered cyclic amide) rings is 1. The predicted molar refractivity (Wildman–Crippen MR) is 119 cm³/mol. The van der Waals surface area contributed by atoms with Gasteiger partial charge in [-0.25, -0.2) is 23.0 Å². The molecule has 1 saturated heterocycles. The summed E-state index contributed by atoms with van der Waals surface area (Å²) in [5.41, 5.74) is 4.45. The maximum atomic E-state index is 12.7. The number of thioether (sulfide) groups is 1. The third-order valence-electron chi connectivity index (χ3n) is 4.63. The van der Waals surface area contributed by atoms with E-state index in [2.05, 4.69) is 20.2 Å². The van der Waals surface area contributed by atoms with E-state index in [1.807, 2.05) is 5.32 Å². The van der Waals surface area contributed by atoms with Gasteiger partial charge in [-0.2, -0.15) is 0 Å². The minimum atomic E-state index is -3.98. The molecule has 0 aromatic carbocycles. The molecule has 34 heavy (non-hydrogen) atoms. The first-order valence-electron chi connectivity index (χ1n) is 9.15. The zero-order valence-electron chi connectivity index (χ0n) is 17.2. The maximum Gasteiger partial charge on any atom is 0.407 e. The van der Waals surface area contributed by atoms with Gasteiger partial charge in [0.25, 0.3) is 11.8 Å². The normalized spacial score (nSPS) is 20.3. The summed E-state index contributed by atoms with van der Waals surface area (Å²) in [5, 5.41) is 26.8. The lowest BCUT2D eigenvalue weighted by molar-refractivity contribution is -0.150. The van der Waals surface area contributed by atoms with Crippen LogP contribution in [-0.4, -0.2) is 94.1 Å². The molecule has 1 fully saturated rings. The highest BCUT2D eigenvalue weighted by Crippen LogP contribution is 2.40. The molecule has 1 aromatic heterocycles. The van der Waals surface area contributed by atoms with Crippen LogP contribution in [0.4, 0.5) is 9.93 Å². The van der Waals surface area contributed by atoms with Gasteiger partial charge in [-0.15, -0.1) is 23.1 Å². The summed E-state index contributed by atoms with van der Waals surface area (Å²) in [6.07, 6.45) is -0.975. The number of carboxylic acids is 1. The Morgan fingerprint density at radius 1 is 1.41 bits per heavy atom. The minimum Gasteiger partial charge on any atom is -0.477 e. The number of rotatable bonds is 8. The number of alkyl carbamates (subject to hydrolysis) is 1. The molecule has 15 nitrogen and oxygen atoms in total. The second-order valence-corrected chi connectivity index (χ2v) is 10.9. The molecule has 18 heteroatoms. The number of oxime groups is 1. The summed E-state index contributed by atoms with van der Waals surface area (Å²) in [4.78, 5) is 52.9. The standard InChI is InChI=1S/C16H18N6O9S3/c1-31-16(27)18-5-34(29,30)4-6-2-32-13-9(12(24)22(13)10(6)14(25)26)20-11(23)8(21-28)7-3-33-15(17)19-7/h3,9,13,28H,2,4-5H2,1H3,(H2,17,19)(H,18,27)(H,20,23)(H,25,26)/b21-8-/t9?,13-/m1/s1. The first kappa shape index (κ1) is 25.2. The van der Waals surface area contributed by atoms with Crippen LogP contribution >= 0.6 is 23.1 Å². The van der Waals surface area contributed by atoms with E-state index in [0.29, 0.717) is 0 Å². The van der Waals surface area contributed by atoms with Crippen LogP contribution in [0.3, 0.4) is 0 Å². The van der Waals surface area contributed by atoms with E-state index in [9.17, 15) is 37.9 Å². The average molecular weight is 535 g/mol. The fourth-order valence-electron chi connectivity index (χ4n) is 3.17. The number of nitrogens with zero attached hydrogens (tertiary/aromatic N) is 3. The van der Waals surface area contributed by atoms with Crippen LogP contribution in [0.1, 0.15) is 5.69 Å². The molecular formula is C16H18N6O9S3. The molecule has 1 unspecified atom stereocenters. The highest BCUT2D eigenvalue weighted by atomic mass is 32.2. The number of carbonyl (C=O) groups is 4. The Morgan fingerprint density at radius 2 is 2.12 bits per heavy atom. The quantitative estimate of drug-likeness (QED) is 0.109. The van der Waals surface area contributed by atoms with E-state index < -0.39 is 68.2 Å². The van der Waals surface area contributed by atoms with E-state index >= 15 is 0 Å². The molecule has 3 rings (SSSR count). The highest BCUT2D eigenvalue weighted by molar-refractivity contribution is 8.00. The number of hydrogen-bond donors (Lipinski definition) is 5. The number of nitrogens with two attached hydrogens (primary N) is 1. The van der Waals surface area contributed by atoms with E-state index in [1.165, 1.54) is 5.38 Å². The van der Waals surface area contributed by atoms with Crippen molar-refractivity contribution in [3.05, 3.63) is 22.3 Å². The zero-order chi connectivity index (χ0) is 25.2. The van der Waals surface area contributed by atoms with Crippen molar-refractivity contribution in [1.82, 2.24) is 20.5 Å². The van der Waals surface area contributed by atoms with Crippen molar-refractivity contribution in [3.8, 4) is 0 Å². The van der Waals surface area contributed by atoms with Gasteiger partial charge >= 0.3 is 12.1 Å². The number of sulfone groups is 1. The second-order valence-electron chi connectivity index (χ2n) is 6.84. The average Bonchev–Trinajstić information content (AvgIpc) is 3.21. The monoisotopic (exact) mass is 534 g/mol. The molecule has 0 bridgehead atoms. The van der Waals surface area contributed by atoms with Crippen molar-refractivity contribution in [2.75, 3.05) is 30.2 Å². The van der Waals surface area contributed by atoms with Crippen molar-refractivity contribution in [1.29, 1.82) is 0 Å². The number of nitrogens with one attached hydrogen (secondary N) is 2. The van der Waals surface area contributed by atoms with Gasteiger partial charge in [0.2, 0.25) is 0 Å². The summed E-state index contributed by atoms with van der Waals surface area (Å²) < 4.78 is 28.9. The predicted octanol–water partition coefficient (Wildman–Crippen LogP) is -1.63. The molecule has 3 heterocycles. The van der Waals surface area contributed by atoms with E-state index in [4.69, 9.17) is 5.73 Å². The van der Waals surface area contributed by atoms with Gasteiger partial charge in [-0.1, -0.05) is 5.16 Å². The molecule has 3 amide bonds. The number of methoxy groups -OCH3 is 1. The number of nitrogen functional groups attached to an aromatic ring is 1. The summed E-state index contributed by atoms with van der Waals surface area (Å²) in [6, 6.07) is -1.15. The fraction of sp³-hybridized carbons (Fsp3) is 0.375. The molecule has 6 N–H and O–H groups in total. The van der Waals surface area contributed by atoms with Crippen LogP contribution in [-0.2, 0) is 29.0 Å². The number of hydrogen-bond acceptors (Lipinski definition) is 13. The molecule has 0 saturated carbocycles. The van der Waals surface area contributed by atoms with Crippen LogP contribution in [0.25, 0.3) is 0 Å². The number of carboxylic acid groups (broad SMARTS) is 1. The van der Waals surface area contributed by atoms with Gasteiger partial charge in [0, 0.05) is 11.1 Å². The topological polar surface area (TPSA) is 231 Å². The van der Waals surface area contributed by atoms with Crippen LogP contribution < -0.4 is 16.4 Å². The van der Waals surface area contributed by atoms with Crippen molar-refractivity contribution in [2.45, 2.75) is 11.4 Å². The Kier molecular flexibility index (Phi) is 7.32. The summed E-state index contributed by atoms with van der Waals surface area (Å²) in [6.45, 7) is 0. The number of carbonyl (C=O) groups excluding carboxylic acids is 3. The van der Waals surface area contributed by atoms with Crippen molar-refractivity contribution in [2.24, 2.45) is 5.16 Å². The number of thiazole rings is 1. The van der Waals surface area contributed by atoms with Crippen LogP contribution in [0.2, 0.25) is 0 Å². The van der Waals surface area contributed by atoms with E-state index in [0.717, 1.165) is 35.1 Å². The third-order valence-corrected chi connectivity index (χ3v) is 8.02. The minimum absolute atomic E-state index is 0.0124. The number of anilines is 1. The first-order chi connectivity index (χ1) is 16.0. The zero-order valence-corrected chi connectivity index (χ0v) is 19.7. The SMILES string of the molecule is COC(=O)NCS(=O)(=O)CC1=C(C(=O)O)N2C(=O)C(NC(=O)/C(=N\O)c3csc(N)n3)[C@H]2SC1. The maximum absolute atomic E-state index is 12.7. The smallest absolute Gasteiger partial charge is 0.407 e. The van der Waals surface area contributed by atoms with Gasteiger partial charge in [0.05, 0.1) is 12.9 Å². The van der Waals surface area contributed by atoms with Crippen molar-refractivity contribution >= 4 is 67.7 Å². The second kappa shape index (κ2) is 9.85. The molecular weight excluding hydrogens is 516 g/mol. The Hall–Kier alpha value is -3.38. The number of amides is 3. The summed E-state index contributed by atoms with van der Waals surface area (Å²) in [5.74, 6) is -4.82. The van der Waals surface area contributed by atoms with Gasteiger partial charge in [0.1, 0.15) is 28.7 Å². The number of aliphatic carboxylic acids is 1. The van der Waals surface area contributed by atoms with Gasteiger partial charge in [0.15, 0.2) is 20.7 Å². The fourth-order valence-corrected chi connectivity index (χ4v) is 6.40. The largest absolute Gasteiger partial charge is 0.477 e. The molecule has 2 aliphatic rings. The van der Waals surface area contributed by atoms with Gasteiger partial charge in [-0.3, -0.25) is 14.5 Å². The molecule has 0 spiro atoms. The lowest BCUT2D eigenvalue weighted by Gasteiger charge is -2.49. The summed E-state index contributed by atoms with van der Waals surface area (Å²) in [7, 11) is -2.92. The molecule has 0 radical (unpaired) electrons. The van der Waals surface area contributed by atoms with E-state index in [1.54, 1.807) is 0 Å². The lowest BCUT2D eigenvalue weighted by atomic mass is 10.0. The molecule has 2 atom stereocenters. The lowest BCUT2D eigenvalue weighted by Crippen LogP contribution is -2.71.